The lowest BCUT2D eigenvalue weighted by Gasteiger charge is -2.14. The van der Waals surface area contributed by atoms with Gasteiger partial charge in [0.15, 0.2) is 0 Å². The molecule has 0 amide bonds. The number of hydrogen-bond acceptors (Lipinski definition) is 2. The molecule has 0 saturated carbocycles. The molecule has 1 rings (SSSR count). The second kappa shape index (κ2) is 4.30. The fraction of sp³-hybridized carbons (Fsp3) is 0.625. The van der Waals surface area contributed by atoms with Gasteiger partial charge in [-0.05, 0) is 24.3 Å². The van der Waals surface area contributed by atoms with E-state index in [0.29, 0.717) is 5.92 Å². The molecule has 0 radical (unpaired) electrons. The summed E-state index contributed by atoms with van der Waals surface area (Å²) in [7, 11) is 0. The molecule has 0 unspecified atom stereocenters. The molecule has 1 N–H and O–H groups in total. The van der Waals surface area contributed by atoms with Crippen molar-refractivity contribution in [3.8, 4) is 11.8 Å². The van der Waals surface area contributed by atoms with Gasteiger partial charge in [-0.15, -0.1) is 0 Å². The molecular formula is C8H10O2S. The summed E-state index contributed by atoms with van der Waals surface area (Å²) in [5, 5.41) is 8.27. The molecule has 3 heteroatoms. The molecule has 0 bridgehead atoms. The highest BCUT2D eigenvalue weighted by Crippen LogP contribution is 2.21. The van der Waals surface area contributed by atoms with E-state index in [1.54, 1.807) is 0 Å². The number of carboxylic acids is 1. The Labute approximate surface area is 70.4 Å². The number of carbonyl (C=O) groups is 1. The number of rotatable bonds is 0. The Hall–Kier alpha value is -0.620. The molecule has 1 heterocycles. The van der Waals surface area contributed by atoms with Crippen molar-refractivity contribution in [3.63, 3.8) is 0 Å². The molecule has 0 spiro atoms. The van der Waals surface area contributed by atoms with E-state index in [0.717, 1.165) is 24.3 Å². The van der Waals surface area contributed by atoms with E-state index in [9.17, 15) is 4.79 Å². The maximum absolute atomic E-state index is 10.1. The number of carboxylic acid groups (broad SMARTS) is 1. The van der Waals surface area contributed by atoms with Crippen LogP contribution in [0.3, 0.4) is 0 Å². The first-order valence-corrected chi connectivity index (χ1v) is 4.76. The van der Waals surface area contributed by atoms with Gasteiger partial charge in [0.25, 0.3) is 0 Å². The van der Waals surface area contributed by atoms with Crippen LogP contribution in [0, 0.1) is 17.8 Å². The summed E-state index contributed by atoms with van der Waals surface area (Å²) in [6.45, 7) is 0. The van der Waals surface area contributed by atoms with Gasteiger partial charge < -0.3 is 5.11 Å². The maximum atomic E-state index is 10.1. The molecule has 0 aliphatic carbocycles. The third kappa shape index (κ3) is 3.33. The van der Waals surface area contributed by atoms with Crippen LogP contribution in [-0.2, 0) is 4.79 Å². The van der Waals surface area contributed by atoms with Crippen LogP contribution in [0.25, 0.3) is 0 Å². The Balaban J connectivity index is 2.36. The maximum Gasteiger partial charge on any atom is 0.381 e. The van der Waals surface area contributed by atoms with Gasteiger partial charge in [0.2, 0.25) is 0 Å². The standard InChI is InChI=1S/C8H10O2S/c9-8(10)2-1-7-3-5-11-6-4-7/h7H,3-6H2,(H,9,10). The van der Waals surface area contributed by atoms with Gasteiger partial charge >= 0.3 is 5.97 Å². The first-order chi connectivity index (χ1) is 5.29. The van der Waals surface area contributed by atoms with E-state index in [2.05, 4.69) is 11.8 Å². The Morgan fingerprint density at radius 1 is 1.45 bits per heavy atom. The Morgan fingerprint density at radius 2 is 2.09 bits per heavy atom. The third-order valence-electron chi connectivity index (χ3n) is 1.60. The molecule has 0 aromatic carbocycles. The molecule has 60 valence electrons. The second-order valence-corrected chi connectivity index (χ2v) is 3.69. The summed E-state index contributed by atoms with van der Waals surface area (Å²) in [6.07, 6.45) is 2.09. The van der Waals surface area contributed by atoms with Gasteiger partial charge in [-0.2, -0.15) is 11.8 Å². The fourth-order valence-corrected chi connectivity index (χ4v) is 2.11. The van der Waals surface area contributed by atoms with E-state index in [1.807, 2.05) is 11.8 Å². The first kappa shape index (κ1) is 8.48. The van der Waals surface area contributed by atoms with Gasteiger partial charge in [0.05, 0.1) is 0 Å². The average molecular weight is 170 g/mol. The van der Waals surface area contributed by atoms with E-state index in [4.69, 9.17) is 5.11 Å². The molecule has 1 aliphatic heterocycles. The lowest BCUT2D eigenvalue weighted by Crippen LogP contribution is -2.07. The number of hydrogen-bond donors (Lipinski definition) is 1. The molecule has 0 atom stereocenters. The zero-order valence-corrected chi connectivity index (χ0v) is 6.99. The van der Waals surface area contributed by atoms with Crippen LogP contribution in [0.1, 0.15) is 12.8 Å². The van der Waals surface area contributed by atoms with Crippen LogP contribution >= 0.6 is 11.8 Å². The topological polar surface area (TPSA) is 37.3 Å². The van der Waals surface area contributed by atoms with Crippen LogP contribution in [0.15, 0.2) is 0 Å². The van der Waals surface area contributed by atoms with Crippen molar-refractivity contribution in [1.29, 1.82) is 0 Å². The molecule has 0 aromatic heterocycles. The summed E-state index contributed by atoms with van der Waals surface area (Å²) >= 11 is 1.92. The second-order valence-electron chi connectivity index (χ2n) is 2.46. The highest BCUT2D eigenvalue weighted by Gasteiger charge is 2.10. The van der Waals surface area contributed by atoms with Gasteiger partial charge in [0.1, 0.15) is 0 Å². The monoisotopic (exact) mass is 170 g/mol. The van der Waals surface area contributed by atoms with Crippen LogP contribution in [0.2, 0.25) is 0 Å². The smallest absolute Gasteiger partial charge is 0.381 e. The predicted octanol–water partition coefficient (Wildman–Crippen LogP) is 1.22. The first-order valence-electron chi connectivity index (χ1n) is 3.61. The summed E-state index contributed by atoms with van der Waals surface area (Å²) in [6, 6.07) is 0. The lowest BCUT2D eigenvalue weighted by molar-refractivity contribution is -0.130. The normalized spacial score (nSPS) is 18.5. The Bertz CT molecular complexity index is 196. The van der Waals surface area contributed by atoms with Crippen molar-refractivity contribution < 1.29 is 9.90 Å². The van der Waals surface area contributed by atoms with Gasteiger partial charge in [-0.25, -0.2) is 4.79 Å². The minimum Gasteiger partial charge on any atom is -0.472 e. The Morgan fingerprint density at radius 3 is 2.64 bits per heavy atom. The van der Waals surface area contributed by atoms with Gasteiger partial charge in [-0.1, -0.05) is 5.92 Å². The van der Waals surface area contributed by atoms with Crippen molar-refractivity contribution in [2.75, 3.05) is 11.5 Å². The molecule has 11 heavy (non-hydrogen) atoms. The highest BCUT2D eigenvalue weighted by atomic mass is 32.2. The predicted molar refractivity (Wildman–Crippen MR) is 45.5 cm³/mol. The third-order valence-corrected chi connectivity index (χ3v) is 2.65. The molecule has 0 aromatic rings. The lowest BCUT2D eigenvalue weighted by atomic mass is 10.0. The molecule has 1 fully saturated rings. The summed E-state index contributed by atoms with van der Waals surface area (Å²) in [5.74, 6) is 6.49. The van der Waals surface area contributed by atoms with Gasteiger partial charge in [0, 0.05) is 11.8 Å². The zero-order valence-electron chi connectivity index (χ0n) is 6.17. The Kier molecular flexibility index (Phi) is 3.31. The largest absolute Gasteiger partial charge is 0.472 e. The molecular weight excluding hydrogens is 160 g/mol. The molecule has 1 aliphatic rings. The summed E-state index contributed by atoms with van der Waals surface area (Å²) in [4.78, 5) is 10.1. The van der Waals surface area contributed by atoms with Crippen molar-refractivity contribution in [1.82, 2.24) is 0 Å². The minimum atomic E-state index is -1.01. The van der Waals surface area contributed by atoms with Crippen molar-refractivity contribution in [2.24, 2.45) is 5.92 Å². The van der Waals surface area contributed by atoms with Gasteiger partial charge in [-0.3, -0.25) is 0 Å². The molecule has 2 nitrogen and oxygen atoms in total. The number of thioether (sulfide) groups is 1. The van der Waals surface area contributed by atoms with Crippen LogP contribution in [0.4, 0.5) is 0 Å². The quantitative estimate of drug-likeness (QED) is 0.555. The fourth-order valence-electron chi connectivity index (χ4n) is 1.01. The zero-order chi connectivity index (χ0) is 8.10. The van der Waals surface area contributed by atoms with Crippen LogP contribution in [-0.4, -0.2) is 22.6 Å². The van der Waals surface area contributed by atoms with E-state index >= 15 is 0 Å². The molecule has 1 saturated heterocycles. The van der Waals surface area contributed by atoms with Crippen molar-refractivity contribution in [3.05, 3.63) is 0 Å². The van der Waals surface area contributed by atoms with Crippen molar-refractivity contribution in [2.45, 2.75) is 12.8 Å². The number of aliphatic carboxylic acids is 1. The SMILES string of the molecule is O=C(O)C#CC1CCSCC1. The van der Waals surface area contributed by atoms with E-state index in [1.165, 1.54) is 0 Å². The summed E-state index contributed by atoms with van der Waals surface area (Å²) < 4.78 is 0. The average Bonchev–Trinajstić information content (AvgIpc) is 2.03. The van der Waals surface area contributed by atoms with E-state index < -0.39 is 5.97 Å². The minimum absolute atomic E-state index is 0.326. The van der Waals surface area contributed by atoms with E-state index in [-0.39, 0.29) is 0 Å². The highest BCUT2D eigenvalue weighted by molar-refractivity contribution is 7.99. The van der Waals surface area contributed by atoms with Crippen LogP contribution in [0.5, 0.6) is 0 Å². The van der Waals surface area contributed by atoms with Crippen molar-refractivity contribution >= 4 is 17.7 Å². The van der Waals surface area contributed by atoms with Crippen LogP contribution < -0.4 is 0 Å². The summed E-state index contributed by atoms with van der Waals surface area (Å²) in [5.41, 5.74) is 0.